The maximum Gasteiger partial charge on any atom is 0.226 e. The number of fused-ring (bicyclic) bond motifs is 2. The van der Waals surface area contributed by atoms with Crippen LogP contribution in [-0.2, 0) is 4.79 Å². The van der Waals surface area contributed by atoms with Gasteiger partial charge >= 0.3 is 0 Å². The van der Waals surface area contributed by atoms with Gasteiger partial charge in [0, 0.05) is 18.0 Å². The predicted octanol–water partition coefficient (Wildman–Crippen LogP) is 6.58. The third-order valence-corrected chi connectivity index (χ3v) is 12.0. The summed E-state index contributed by atoms with van der Waals surface area (Å²) in [7, 11) is 0. The van der Waals surface area contributed by atoms with Gasteiger partial charge in [-0.15, -0.1) is 0 Å². The van der Waals surface area contributed by atoms with Crippen molar-refractivity contribution in [3.63, 3.8) is 0 Å². The molecule has 0 N–H and O–H groups in total. The molecule has 0 radical (unpaired) electrons. The first-order valence-electron chi connectivity index (χ1n) is 13.3. The second kappa shape index (κ2) is 6.49. The molecular formula is C27H43NO. The van der Waals surface area contributed by atoms with Gasteiger partial charge in [-0.2, -0.15) is 0 Å². The quantitative estimate of drug-likeness (QED) is 0.489. The molecule has 29 heavy (non-hydrogen) atoms. The van der Waals surface area contributed by atoms with Crippen molar-refractivity contribution in [2.75, 3.05) is 6.54 Å². The van der Waals surface area contributed by atoms with Crippen molar-refractivity contribution in [3.8, 4) is 0 Å². The number of hydrogen-bond donors (Lipinski definition) is 0. The lowest BCUT2D eigenvalue weighted by Crippen LogP contribution is -2.67. The van der Waals surface area contributed by atoms with Crippen molar-refractivity contribution in [1.29, 1.82) is 0 Å². The maximum absolute atomic E-state index is 13.7. The van der Waals surface area contributed by atoms with Gasteiger partial charge in [0.05, 0.1) is 0 Å². The van der Waals surface area contributed by atoms with E-state index >= 15 is 0 Å². The van der Waals surface area contributed by atoms with Crippen LogP contribution in [0.25, 0.3) is 0 Å². The molecular weight excluding hydrogens is 354 g/mol. The zero-order valence-corrected chi connectivity index (χ0v) is 19.1. The number of nitrogens with zero attached hydrogens (tertiary/aromatic N) is 1. The zero-order chi connectivity index (χ0) is 19.9. The third kappa shape index (κ3) is 2.38. The van der Waals surface area contributed by atoms with Crippen LogP contribution in [0.2, 0.25) is 0 Å². The number of likely N-dealkylation sites (tertiary alicyclic amines) is 1. The van der Waals surface area contributed by atoms with Crippen molar-refractivity contribution in [2.45, 2.75) is 116 Å². The summed E-state index contributed by atoms with van der Waals surface area (Å²) in [6.07, 6.45) is 20.6. The second-order valence-electron chi connectivity index (χ2n) is 12.7. The normalized spacial score (nSPS) is 52.0. The summed E-state index contributed by atoms with van der Waals surface area (Å²) in [6, 6.07) is 0. The monoisotopic (exact) mass is 397 g/mol. The summed E-state index contributed by atoms with van der Waals surface area (Å²) in [6.45, 7) is 6.30. The Kier molecular flexibility index (Phi) is 4.29. The standard InChI is InChI=1S/C27H43NO/c1-25-14-6-10-20-18-27(25)16-15-26(2)22(23(27)13-12-21(20)25)11-7-17-28(26)24(29)19-8-4-3-5-9-19/h19-23H,3-18H2,1-2H3. The largest absolute Gasteiger partial charge is 0.337 e. The lowest BCUT2D eigenvalue weighted by Gasteiger charge is -2.66. The molecule has 7 unspecified atom stereocenters. The molecule has 5 aliphatic carbocycles. The first-order valence-corrected chi connectivity index (χ1v) is 13.3. The Bertz CT molecular complexity index is 682. The lowest BCUT2D eigenvalue weighted by molar-refractivity contribution is -0.181. The summed E-state index contributed by atoms with van der Waals surface area (Å²) in [5.41, 5.74) is 1.40. The SMILES string of the molecule is CC12CCC34CC5CCCC3(C)C5CCC4C1CCCN2C(=O)C1CCCCC1. The van der Waals surface area contributed by atoms with Gasteiger partial charge in [-0.25, -0.2) is 0 Å². The van der Waals surface area contributed by atoms with Crippen molar-refractivity contribution in [1.82, 2.24) is 4.90 Å². The third-order valence-electron chi connectivity index (χ3n) is 12.0. The minimum atomic E-state index is 0.155. The molecule has 5 saturated carbocycles. The number of piperidine rings is 1. The van der Waals surface area contributed by atoms with Gasteiger partial charge in [-0.3, -0.25) is 4.79 Å². The van der Waals surface area contributed by atoms with Crippen LogP contribution >= 0.6 is 0 Å². The first-order chi connectivity index (χ1) is 14.0. The van der Waals surface area contributed by atoms with E-state index in [-0.39, 0.29) is 5.54 Å². The Morgan fingerprint density at radius 1 is 0.759 bits per heavy atom. The molecule has 0 aromatic rings. The fourth-order valence-corrected chi connectivity index (χ4v) is 10.7. The van der Waals surface area contributed by atoms with Crippen molar-refractivity contribution in [2.24, 2.45) is 40.4 Å². The zero-order valence-electron chi connectivity index (χ0n) is 19.1. The molecule has 2 nitrogen and oxygen atoms in total. The molecule has 1 heterocycles. The average Bonchev–Trinajstić information content (AvgIpc) is 2.87. The molecule has 6 aliphatic rings. The molecule has 2 heteroatoms. The van der Waals surface area contributed by atoms with E-state index in [9.17, 15) is 4.79 Å². The van der Waals surface area contributed by atoms with Crippen LogP contribution in [0.3, 0.4) is 0 Å². The Labute approximate surface area is 178 Å². The van der Waals surface area contributed by atoms with Gasteiger partial charge in [0.1, 0.15) is 0 Å². The highest BCUT2D eigenvalue weighted by Crippen LogP contribution is 2.77. The lowest BCUT2D eigenvalue weighted by atomic mass is 9.42. The fraction of sp³-hybridized carbons (Fsp3) is 0.963. The summed E-state index contributed by atoms with van der Waals surface area (Å²) < 4.78 is 0. The van der Waals surface area contributed by atoms with Crippen molar-refractivity contribution < 1.29 is 4.79 Å². The van der Waals surface area contributed by atoms with Crippen molar-refractivity contribution in [3.05, 3.63) is 0 Å². The van der Waals surface area contributed by atoms with Gasteiger partial charge in [0.25, 0.3) is 0 Å². The number of carbonyl (C=O) groups is 1. The van der Waals surface area contributed by atoms with E-state index in [4.69, 9.17) is 0 Å². The summed E-state index contributed by atoms with van der Waals surface area (Å²) in [5, 5.41) is 0. The summed E-state index contributed by atoms with van der Waals surface area (Å²) >= 11 is 0. The van der Waals surface area contributed by atoms with Gasteiger partial charge in [0.2, 0.25) is 5.91 Å². The molecule has 1 aliphatic heterocycles. The van der Waals surface area contributed by atoms with Crippen LogP contribution in [0.5, 0.6) is 0 Å². The molecule has 4 bridgehead atoms. The van der Waals surface area contributed by atoms with Gasteiger partial charge in [-0.05, 0) is 106 Å². The smallest absolute Gasteiger partial charge is 0.226 e. The van der Waals surface area contributed by atoms with Crippen LogP contribution in [0.15, 0.2) is 0 Å². The van der Waals surface area contributed by atoms with Gasteiger partial charge < -0.3 is 4.90 Å². The maximum atomic E-state index is 13.7. The Balaban J connectivity index is 1.33. The molecule has 1 amide bonds. The highest BCUT2D eigenvalue weighted by atomic mass is 16.2. The van der Waals surface area contributed by atoms with E-state index in [1.807, 2.05) is 0 Å². The average molecular weight is 398 g/mol. The van der Waals surface area contributed by atoms with Crippen molar-refractivity contribution >= 4 is 5.91 Å². The second-order valence-corrected chi connectivity index (χ2v) is 12.7. The molecule has 1 saturated heterocycles. The molecule has 0 aromatic carbocycles. The highest BCUT2D eigenvalue weighted by Gasteiger charge is 2.71. The Morgan fingerprint density at radius 2 is 1.55 bits per heavy atom. The van der Waals surface area contributed by atoms with Gasteiger partial charge in [-0.1, -0.05) is 39.0 Å². The van der Waals surface area contributed by atoms with Crippen LogP contribution in [0.4, 0.5) is 0 Å². The van der Waals surface area contributed by atoms with Gasteiger partial charge in [0.15, 0.2) is 0 Å². The summed E-state index contributed by atoms with van der Waals surface area (Å²) in [4.78, 5) is 16.2. The number of rotatable bonds is 1. The first kappa shape index (κ1) is 19.2. The number of hydrogen-bond acceptors (Lipinski definition) is 1. The van der Waals surface area contributed by atoms with E-state index in [1.165, 1.54) is 77.0 Å². The number of amides is 1. The number of carbonyl (C=O) groups excluding carboxylic acids is 1. The van der Waals surface area contributed by atoms with E-state index in [0.717, 1.165) is 43.1 Å². The predicted molar refractivity (Wildman–Crippen MR) is 117 cm³/mol. The summed E-state index contributed by atoms with van der Waals surface area (Å²) in [5.74, 6) is 4.63. The molecule has 162 valence electrons. The van der Waals surface area contributed by atoms with Crippen LogP contribution in [0, 0.1) is 40.4 Å². The molecule has 7 atom stereocenters. The fourth-order valence-electron chi connectivity index (χ4n) is 10.7. The topological polar surface area (TPSA) is 20.3 Å². The van der Waals surface area contributed by atoms with E-state index in [1.54, 1.807) is 6.42 Å². The van der Waals surface area contributed by atoms with Crippen LogP contribution in [0.1, 0.15) is 110 Å². The molecule has 6 fully saturated rings. The van der Waals surface area contributed by atoms with E-state index < -0.39 is 0 Å². The van der Waals surface area contributed by atoms with E-state index in [0.29, 0.717) is 22.7 Å². The molecule has 1 spiro atoms. The minimum Gasteiger partial charge on any atom is -0.337 e. The minimum absolute atomic E-state index is 0.155. The Morgan fingerprint density at radius 3 is 2.38 bits per heavy atom. The van der Waals surface area contributed by atoms with Crippen LogP contribution in [-0.4, -0.2) is 22.9 Å². The van der Waals surface area contributed by atoms with E-state index in [2.05, 4.69) is 18.7 Å². The molecule has 6 rings (SSSR count). The highest BCUT2D eigenvalue weighted by molar-refractivity contribution is 5.80. The Hall–Kier alpha value is -0.530. The molecule has 0 aromatic heterocycles. The van der Waals surface area contributed by atoms with Crippen LogP contribution < -0.4 is 0 Å².